The van der Waals surface area contributed by atoms with Crippen LogP contribution in [-0.4, -0.2) is 29.0 Å². The van der Waals surface area contributed by atoms with Gasteiger partial charge in [0.2, 0.25) is 11.8 Å². The van der Waals surface area contributed by atoms with Crippen molar-refractivity contribution in [1.29, 1.82) is 0 Å². The number of methoxy groups -OCH3 is 1. The zero-order chi connectivity index (χ0) is 11.5. The highest BCUT2D eigenvalue weighted by atomic mass is 16.5. The molecule has 0 aliphatic carbocycles. The Morgan fingerprint density at radius 2 is 2.38 bits per heavy atom. The SMILES string of the molecule is CCC1CC(=O)Nc2c(ncnc2OC)N1. The van der Waals surface area contributed by atoms with Crippen molar-refractivity contribution >= 4 is 17.4 Å². The fourth-order valence-corrected chi connectivity index (χ4v) is 1.65. The number of fused-ring (bicyclic) bond motifs is 1. The average molecular weight is 222 g/mol. The normalized spacial score (nSPS) is 19.1. The van der Waals surface area contributed by atoms with Crippen molar-refractivity contribution in [3.8, 4) is 5.88 Å². The van der Waals surface area contributed by atoms with Crippen LogP contribution in [0.25, 0.3) is 0 Å². The van der Waals surface area contributed by atoms with Gasteiger partial charge in [-0.3, -0.25) is 4.79 Å². The summed E-state index contributed by atoms with van der Waals surface area (Å²) in [7, 11) is 1.51. The van der Waals surface area contributed by atoms with E-state index in [-0.39, 0.29) is 11.9 Å². The van der Waals surface area contributed by atoms with Gasteiger partial charge in [0.1, 0.15) is 12.0 Å². The molecule has 1 aliphatic rings. The van der Waals surface area contributed by atoms with Crippen LogP contribution in [0.4, 0.5) is 11.5 Å². The third-order valence-electron chi connectivity index (χ3n) is 2.54. The van der Waals surface area contributed by atoms with E-state index < -0.39 is 0 Å². The number of aromatic nitrogens is 2. The summed E-state index contributed by atoms with van der Waals surface area (Å²) in [6.45, 7) is 2.02. The Kier molecular flexibility index (Phi) is 2.89. The molecule has 2 N–H and O–H groups in total. The molecule has 1 atom stereocenters. The highest BCUT2D eigenvalue weighted by Gasteiger charge is 2.23. The molecule has 0 bridgehead atoms. The number of ether oxygens (including phenoxy) is 1. The Morgan fingerprint density at radius 3 is 3.06 bits per heavy atom. The van der Waals surface area contributed by atoms with Gasteiger partial charge in [-0.1, -0.05) is 6.92 Å². The fraction of sp³-hybridized carbons (Fsp3) is 0.500. The van der Waals surface area contributed by atoms with Crippen molar-refractivity contribution in [3.63, 3.8) is 0 Å². The molecule has 6 nitrogen and oxygen atoms in total. The van der Waals surface area contributed by atoms with Crippen LogP contribution in [0.1, 0.15) is 19.8 Å². The highest BCUT2D eigenvalue weighted by molar-refractivity contribution is 5.97. The summed E-state index contributed by atoms with van der Waals surface area (Å²) in [5.74, 6) is 0.943. The van der Waals surface area contributed by atoms with Crippen LogP contribution in [0.2, 0.25) is 0 Å². The van der Waals surface area contributed by atoms with Gasteiger partial charge in [-0.15, -0.1) is 0 Å². The smallest absolute Gasteiger partial charge is 0.242 e. The number of nitrogens with one attached hydrogen (secondary N) is 2. The lowest BCUT2D eigenvalue weighted by Gasteiger charge is -2.13. The Bertz CT molecular complexity index is 408. The summed E-state index contributed by atoms with van der Waals surface area (Å²) < 4.78 is 5.08. The van der Waals surface area contributed by atoms with E-state index in [1.54, 1.807) is 0 Å². The second-order valence-corrected chi connectivity index (χ2v) is 3.61. The molecule has 0 saturated heterocycles. The molecule has 1 aliphatic heterocycles. The number of anilines is 2. The van der Waals surface area contributed by atoms with E-state index in [4.69, 9.17) is 4.74 Å². The van der Waals surface area contributed by atoms with E-state index in [1.807, 2.05) is 6.92 Å². The first-order valence-electron chi connectivity index (χ1n) is 5.20. The maximum atomic E-state index is 11.6. The molecule has 0 spiro atoms. The minimum absolute atomic E-state index is 0.0498. The first-order valence-corrected chi connectivity index (χ1v) is 5.20. The van der Waals surface area contributed by atoms with Crippen LogP contribution in [-0.2, 0) is 4.79 Å². The number of carbonyl (C=O) groups excluding carboxylic acids is 1. The van der Waals surface area contributed by atoms with Crippen molar-refractivity contribution in [2.24, 2.45) is 0 Å². The highest BCUT2D eigenvalue weighted by Crippen LogP contribution is 2.31. The van der Waals surface area contributed by atoms with Crippen LogP contribution in [0.15, 0.2) is 6.33 Å². The lowest BCUT2D eigenvalue weighted by atomic mass is 10.1. The Labute approximate surface area is 93.4 Å². The summed E-state index contributed by atoms with van der Waals surface area (Å²) >= 11 is 0. The number of hydrogen-bond donors (Lipinski definition) is 2. The zero-order valence-corrected chi connectivity index (χ0v) is 9.28. The van der Waals surface area contributed by atoms with Gasteiger partial charge < -0.3 is 15.4 Å². The maximum Gasteiger partial charge on any atom is 0.242 e. The summed E-state index contributed by atoms with van der Waals surface area (Å²) in [4.78, 5) is 19.7. The molecule has 1 amide bonds. The van der Waals surface area contributed by atoms with E-state index in [0.29, 0.717) is 23.8 Å². The molecular weight excluding hydrogens is 208 g/mol. The predicted molar refractivity (Wildman–Crippen MR) is 59.5 cm³/mol. The van der Waals surface area contributed by atoms with Crippen molar-refractivity contribution < 1.29 is 9.53 Å². The molecule has 0 radical (unpaired) electrons. The number of nitrogens with zero attached hydrogens (tertiary/aromatic N) is 2. The van der Waals surface area contributed by atoms with Crippen molar-refractivity contribution in [1.82, 2.24) is 9.97 Å². The van der Waals surface area contributed by atoms with Crippen LogP contribution >= 0.6 is 0 Å². The van der Waals surface area contributed by atoms with Crippen molar-refractivity contribution in [2.45, 2.75) is 25.8 Å². The third kappa shape index (κ3) is 1.91. The van der Waals surface area contributed by atoms with Gasteiger partial charge in [-0.25, -0.2) is 4.98 Å². The standard InChI is InChI=1S/C10H14N4O2/c1-3-6-4-7(15)14-8-9(13-6)11-5-12-10(8)16-2/h5-6H,3-4H2,1-2H3,(H,14,15)(H,11,12,13). The minimum Gasteiger partial charge on any atom is -0.479 e. The number of amides is 1. The van der Waals surface area contributed by atoms with Crippen LogP contribution in [0.5, 0.6) is 5.88 Å². The van der Waals surface area contributed by atoms with E-state index in [2.05, 4.69) is 20.6 Å². The molecule has 86 valence electrons. The van der Waals surface area contributed by atoms with E-state index >= 15 is 0 Å². The Balaban J connectivity index is 2.41. The van der Waals surface area contributed by atoms with E-state index in [0.717, 1.165) is 6.42 Å². The lowest BCUT2D eigenvalue weighted by molar-refractivity contribution is -0.116. The average Bonchev–Trinajstić information content (AvgIpc) is 2.46. The molecule has 1 aromatic rings. The lowest BCUT2D eigenvalue weighted by Crippen LogP contribution is -2.21. The number of carbonyl (C=O) groups is 1. The van der Waals surface area contributed by atoms with E-state index in [9.17, 15) is 4.79 Å². The van der Waals surface area contributed by atoms with Gasteiger partial charge >= 0.3 is 0 Å². The molecule has 0 fully saturated rings. The van der Waals surface area contributed by atoms with Crippen molar-refractivity contribution in [2.75, 3.05) is 17.7 Å². The molecule has 1 aromatic heterocycles. The number of rotatable bonds is 2. The quantitative estimate of drug-likeness (QED) is 0.781. The van der Waals surface area contributed by atoms with Gasteiger partial charge in [-0.05, 0) is 6.42 Å². The second kappa shape index (κ2) is 4.34. The zero-order valence-electron chi connectivity index (χ0n) is 9.28. The van der Waals surface area contributed by atoms with Crippen LogP contribution in [0.3, 0.4) is 0 Å². The number of hydrogen-bond acceptors (Lipinski definition) is 5. The topological polar surface area (TPSA) is 76.1 Å². The van der Waals surface area contributed by atoms with Crippen LogP contribution < -0.4 is 15.4 Å². The third-order valence-corrected chi connectivity index (χ3v) is 2.54. The molecule has 2 rings (SSSR count). The van der Waals surface area contributed by atoms with E-state index in [1.165, 1.54) is 13.4 Å². The Hall–Kier alpha value is -1.85. The second-order valence-electron chi connectivity index (χ2n) is 3.61. The van der Waals surface area contributed by atoms with Gasteiger partial charge in [0, 0.05) is 12.5 Å². The fourth-order valence-electron chi connectivity index (χ4n) is 1.65. The maximum absolute atomic E-state index is 11.6. The molecule has 6 heteroatoms. The minimum atomic E-state index is -0.0498. The largest absolute Gasteiger partial charge is 0.479 e. The molecule has 16 heavy (non-hydrogen) atoms. The summed E-state index contributed by atoms with van der Waals surface area (Å²) in [5.41, 5.74) is 0.519. The Morgan fingerprint density at radius 1 is 1.56 bits per heavy atom. The first-order chi connectivity index (χ1) is 7.74. The molecule has 2 heterocycles. The molecule has 0 aromatic carbocycles. The van der Waals surface area contributed by atoms with Crippen LogP contribution in [0, 0.1) is 0 Å². The monoisotopic (exact) mass is 222 g/mol. The summed E-state index contributed by atoms with van der Waals surface area (Å²) in [6, 6.07) is 0.0980. The molecule has 1 unspecified atom stereocenters. The van der Waals surface area contributed by atoms with Gasteiger partial charge in [0.05, 0.1) is 7.11 Å². The molecule has 0 saturated carbocycles. The van der Waals surface area contributed by atoms with Gasteiger partial charge in [0.15, 0.2) is 5.82 Å². The predicted octanol–water partition coefficient (Wildman–Crippen LogP) is 1.02. The molecular formula is C10H14N4O2. The summed E-state index contributed by atoms with van der Waals surface area (Å²) in [5, 5.41) is 5.95. The van der Waals surface area contributed by atoms with Gasteiger partial charge in [0.25, 0.3) is 0 Å². The summed E-state index contributed by atoms with van der Waals surface area (Å²) in [6.07, 6.45) is 2.70. The van der Waals surface area contributed by atoms with Gasteiger partial charge in [-0.2, -0.15) is 4.98 Å². The first kappa shape index (κ1) is 10.7. The van der Waals surface area contributed by atoms with Crippen molar-refractivity contribution in [3.05, 3.63) is 6.33 Å².